The number of amides is 1. The molecule has 0 atom stereocenters. The van der Waals surface area contributed by atoms with Crippen LogP contribution in [0.3, 0.4) is 0 Å². The number of nitrogens with zero attached hydrogens (tertiary/aromatic N) is 3. The summed E-state index contributed by atoms with van der Waals surface area (Å²) in [5.41, 5.74) is 1.97. The zero-order chi connectivity index (χ0) is 25.4. The van der Waals surface area contributed by atoms with E-state index in [4.69, 9.17) is 14.6 Å². The number of hydrogen-bond acceptors (Lipinski definition) is 8. The Kier molecular flexibility index (Phi) is 6.67. The van der Waals surface area contributed by atoms with Gasteiger partial charge in [-0.2, -0.15) is 0 Å². The Bertz CT molecular complexity index is 1220. The summed E-state index contributed by atoms with van der Waals surface area (Å²) in [6.45, 7) is 3.11. The number of piperidine rings is 1. The van der Waals surface area contributed by atoms with Crippen molar-refractivity contribution in [3.8, 4) is 17.1 Å². The van der Waals surface area contributed by atoms with E-state index in [1.54, 1.807) is 17.3 Å². The zero-order valence-electron chi connectivity index (χ0n) is 20.6. The molecule has 1 aromatic carbocycles. The number of aliphatic hydroxyl groups is 1. The molecular formula is C26H33N3O6S. The number of benzene rings is 1. The molecule has 1 aromatic heterocycles. The van der Waals surface area contributed by atoms with Gasteiger partial charge < -0.3 is 19.5 Å². The fourth-order valence-corrected chi connectivity index (χ4v) is 6.22. The molecule has 1 saturated carbocycles. The van der Waals surface area contributed by atoms with Gasteiger partial charge in [0.1, 0.15) is 17.0 Å². The van der Waals surface area contributed by atoms with Gasteiger partial charge in [-0.15, -0.1) is 0 Å². The molecule has 2 aliphatic heterocycles. The monoisotopic (exact) mass is 515 g/mol. The predicted molar refractivity (Wildman–Crippen MR) is 133 cm³/mol. The molecule has 10 heteroatoms. The van der Waals surface area contributed by atoms with E-state index in [2.05, 4.69) is 9.97 Å². The Hall–Kier alpha value is -2.72. The van der Waals surface area contributed by atoms with Crippen LogP contribution in [0.25, 0.3) is 11.4 Å². The van der Waals surface area contributed by atoms with Crippen LogP contribution in [0.4, 0.5) is 4.79 Å². The van der Waals surface area contributed by atoms with Crippen molar-refractivity contribution >= 4 is 15.9 Å². The number of carbonyl (C=O) groups excluding carboxylic acids is 1. The first-order chi connectivity index (χ1) is 17.2. The van der Waals surface area contributed by atoms with Crippen molar-refractivity contribution in [2.45, 2.75) is 68.8 Å². The van der Waals surface area contributed by atoms with Crippen LogP contribution >= 0.6 is 0 Å². The number of rotatable bonds is 7. The van der Waals surface area contributed by atoms with Crippen molar-refractivity contribution in [1.29, 1.82) is 0 Å². The van der Waals surface area contributed by atoms with Crippen LogP contribution in [0.5, 0.6) is 5.75 Å². The van der Waals surface area contributed by atoms with Gasteiger partial charge in [0.15, 0.2) is 15.7 Å². The average Bonchev–Trinajstić information content (AvgIpc) is 3.59. The van der Waals surface area contributed by atoms with Crippen molar-refractivity contribution in [1.82, 2.24) is 14.9 Å². The van der Waals surface area contributed by atoms with Crippen LogP contribution in [0.2, 0.25) is 0 Å². The summed E-state index contributed by atoms with van der Waals surface area (Å²) in [4.78, 5) is 23.0. The van der Waals surface area contributed by atoms with Crippen LogP contribution in [0.1, 0.15) is 56.6 Å². The highest BCUT2D eigenvalue weighted by atomic mass is 32.2. The van der Waals surface area contributed by atoms with E-state index >= 15 is 0 Å². The van der Waals surface area contributed by atoms with Crippen LogP contribution < -0.4 is 4.74 Å². The topological polar surface area (TPSA) is 119 Å². The zero-order valence-corrected chi connectivity index (χ0v) is 21.4. The lowest BCUT2D eigenvalue weighted by molar-refractivity contribution is -0.0201. The molecule has 2 aromatic rings. The van der Waals surface area contributed by atoms with Gasteiger partial charge in [-0.05, 0) is 62.8 Å². The first kappa shape index (κ1) is 25.0. The van der Waals surface area contributed by atoms with E-state index in [0.717, 1.165) is 55.4 Å². The molecule has 5 rings (SSSR count). The smallest absolute Gasteiger partial charge is 0.410 e. The molecule has 1 amide bonds. The number of carbonyl (C=O) groups is 1. The molecule has 2 fully saturated rings. The largest absolute Gasteiger partial charge is 0.487 e. The Labute approximate surface area is 211 Å². The lowest BCUT2D eigenvalue weighted by Crippen LogP contribution is -2.51. The van der Waals surface area contributed by atoms with Gasteiger partial charge in [0.2, 0.25) is 0 Å². The minimum atomic E-state index is -3.30. The summed E-state index contributed by atoms with van der Waals surface area (Å²) in [5.74, 6) is 1.20. The standard InChI is InChI=1S/C26H33N3O6S/c1-25(7-8-25)35-24(31)29-11-9-26(10-12-29)6-5-20-15-21(3-4-22(20)34-26)23-27-16-19(17-28-23)18-36(32,33)14-2-13-30/h3-4,15-17,30H,2,5-14,18H2,1H3. The molecule has 1 saturated heterocycles. The minimum Gasteiger partial charge on any atom is -0.487 e. The number of aliphatic hydroxyl groups excluding tert-OH is 1. The van der Waals surface area contributed by atoms with Crippen molar-refractivity contribution in [3.63, 3.8) is 0 Å². The van der Waals surface area contributed by atoms with Gasteiger partial charge in [-0.3, -0.25) is 0 Å². The first-order valence-electron chi connectivity index (χ1n) is 12.6. The van der Waals surface area contributed by atoms with Gasteiger partial charge >= 0.3 is 6.09 Å². The van der Waals surface area contributed by atoms with Gasteiger partial charge in [0, 0.05) is 56.1 Å². The number of aromatic nitrogens is 2. The third kappa shape index (κ3) is 5.64. The maximum absolute atomic E-state index is 12.4. The first-order valence-corrected chi connectivity index (χ1v) is 14.4. The lowest BCUT2D eigenvalue weighted by atomic mass is 9.83. The van der Waals surface area contributed by atoms with Gasteiger partial charge in [0.25, 0.3) is 0 Å². The summed E-state index contributed by atoms with van der Waals surface area (Å²) in [6.07, 6.45) is 8.32. The third-order valence-electron chi connectivity index (χ3n) is 7.42. The average molecular weight is 516 g/mol. The highest BCUT2D eigenvalue weighted by Gasteiger charge is 2.45. The van der Waals surface area contributed by atoms with E-state index < -0.39 is 9.84 Å². The molecule has 1 N–H and O–H groups in total. The SMILES string of the molecule is CC1(OC(=O)N2CCC3(CCc4cc(-c5ncc(CS(=O)(=O)CCCO)cn5)ccc4O3)CC2)CC1. The molecule has 36 heavy (non-hydrogen) atoms. The third-order valence-corrected chi connectivity index (χ3v) is 9.11. The Morgan fingerprint density at radius 1 is 1.14 bits per heavy atom. The summed E-state index contributed by atoms with van der Waals surface area (Å²) in [5, 5.41) is 8.86. The fraction of sp³-hybridized carbons (Fsp3) is 0.577. The van der Waals surface area contributed by atoms with E-state index in [9.17, 15) is 13.2 Å². The van der Waals surface area contributed by atoms with E-state index in [1.807, 2.05) is 25.1 Å². The lowest BCUT2D eigenvalue weighted by Gasteiger charge is -2.44. The van der Waals surface area contributed by atoms with Crippen molar-refractivity contribution < 1.29 is 27.8 Å². The van der Waals surface area contributed by atoms with Crippen molar-refractivity contribution in [3.05, 3.63) is 41.7 Å². The second kappa shape index (κ2) is 9.63. The van der Waals surface area contributed by atoms with Gasteiger partial charge in [-0.25, -0.2) is 23.2 Å². The van der Waals surface area contributed by atoms with Crippen LogP contribution in [-0.2, 0) is 26.7 Å². The summed E-state index contributed by atoms with van der Waals surface area (Å²) >= 11 is 0. The highest BCUT2D eigenvalue weighted by Crippen LogP contribution is 2.42. The highest BCUT2D eigenvalue weighted by molar-refractivity contribution is 7.90. The maximum atomic E-state index is 12.4. The van der Waals surface area contributed by atoms with E-state index in [0.29, 0.717) is 24.5 Å². The summed E-state index contributed by atoms with van der Waals surface area (Å²) < 4.78 is 36.3. The minimum absolute atomic E-state index is 0.0564. The molecule has 1 spiro atoms. The van der Waals surface area contributed by atoms with Gasteiger partial charge in [0.05, 0.1) is 11.5 Å². The normalized spacial score (nSPS) is 19.9. The molecule has 0 bridgehead atoms. The number of likely N-dealkylation sites (tertiary alicyclic amines) is 1. The quantitative estimate of drug-likeness (QED) is 0.597. The Morgan fingerprint density at radius 2 is 1.86 bits per heavy atom. The second-order valence-corrected chi connectivity index (χ2v) is 12.7. The molecule has 0 radical (unpaired) electrons. The Balaban J connectivity index is 1.20. The Morgan fingerprint density at radius 3 is 2.53 bits per heavy atom. The number of sulfone groups is 1. The van der Waals surface area contributed by atoms with Crippen LogP contribution in [0.15, 0.2) is 30.6 Å². The summed E-state index contributed by atoms with van der Waals surface area (Å²) in [6, 6.07) is 5.92. The molecule has 1 aliphatic carbocycles. The molecular weight excluding hydrogens is 482 g/mol. The molecule has 194 valence electrons. The van der Waals surface area contributed by atoms with Crippen LogP contribution in [-0.4, -0.2) is 71.1 Å². The van der Waals surface area contributed by atoms with E-state index in [-0.39, 0.29) is 41.8 Å². The molecule has 9 nitrogen and oxygen atoms in total. The molecule has 3 heterocycles. The number of fused-ring (bicyclic) bond motifs is 1. The van der Waals surface area contributed by atoms with Crippen LogP contribution in [0, 0.1) is 0 Å². The number of ether oxygens (including phenoxy) is 2. The number of aryl methyl sites for hydroxylation is 1. The second-order valence-electron chi connectivity index (χ2n) is 10.5. The van der Waals surface area contributed by atoms with Crippen molar-refractivity contribution in [2.75, 3.05) is 25.4 Å². The van der Waals surface area contributed by atoms with Crippen molar-refractivity contribution in [2.24, 2.45) is 0 Å². The predicted octanol–water partition coefficient (Wildman–Crippen LogP) is 3.29. The fourth-order valence-electron chi connectivity index (χ4n) is 4.85. The number of hydrogen-bond donors (Lipinski definition) is 1. The van der Waals surface area contributed by atoms with E-state index in [1.165, 1.54) is 0 Å². The molecule has 3 aliphatic rings. The molecule has 0 unspecified atom stereocenters. The maximum Gasteiger partial charge on any atom is 0.410 e. The van der Waals surface area contributed by atoms with Gasteiger partial charge in [-0.1, -0.05) is 0 Å². The summed E-state index contributed by atoms with van der Waals surface area (Å²) in [7, 11) is -3.30.